The van der Waals surface area contributed by atoms with Gasteiger partial charge in [0.05, 0.1) is 16.3 Å². The summed E-state index contributed by atoms with van der Waals surface area (Å²) in [5.41, 5.74) is 0.876. The fourth-order valence-corrected chi connectivity index (χ4v) is 2.52. The number of fused-ring (bicyclic) bond motifs is 1. The zero-order valence-corrected chi connectivity index (χ0v) is 12.0. The maximum absolute atomic E-state index is 11.9. The summed E-state index contributed by atoms with van der Waals surface area (Å²) >= 11 is 1.42. The molecule has 0 bridgehead atoms. The number of amides is 1. The molecule has 0 radical (unpaired) electrons. The molecule has 4 nitrogen and oxygen atoms in total. The second-order valence-electron chi connectivity index (χ2n) is 4.52. The van der Waals surface area contributed by atoms with Crippen LogP contribution >= 0.6 is 11.3 Å². The average Bonchev–Trinajstić information content (AvgIpc) is 2.81. The van der Waals surface area contributed by atoms with Crippen LogP contribution in [0.5, 0.6) is 0 Å². The maximum Gasteiger partial charge on any atom is 0.280 e. The van der Waals surface area contributed by atoms with Gasteiger partial charge in [-0.25, -0.2) is 4.98 Å². The molecule has 0 aliphatic rings. The van der Waals surface area contributed by atoms with Crippen molar-refractivity contribution in [3.8, 4) is 0 Å². The van der Waals surface area contributed by atoms with Gasteiger partial charge < -0.3 is 10.1 Å². The van der Waals surface area contributed by atoms with Crippen LogP contribution in [0.25, 0.3) is 10.2 Å². The fourth-order valence-electron chi connectivity index (χ4n) is 1.64. The second-order valence-corrected chi connectivity index (χ2v) is 5.55. The molecule has 1 aromatic carbocycles. The van der Waals surface area contributed by atoms with Gasteiger partial charge in [-0.15, -0.1) is 11.3 Å². The number of nitrogens with zero attached hydrogens (tertiary/aromatic N) is 1. The number of carbonyl (C=O) groups excluding carboxylic acids is 1. The van der Waals surface area contributed by atoms with Crippen LogP contribution in [-0.2, 0) is 4.74 Å². The van der Waals surface area contributed by atoms with Crippen LogP contribution in [0.1, 0.15) is 30.1 Å². The summed E-state index contributed by atoms with van der Waals surface area (Å²) < 4.78 is 6.45. The number of hydrogen-bond donors (Lipinski definition) is 1. The van der Waals surface area contributed by atoms with Gasteiger partial charge in [0.1, 0.15) is 0 Å². The van der Waals surface area contributed by atoms with Gasteiger partial charge >= 0.3 is 0 Å². The Morgan fingerprint density at radius 2 is 2.21 bits per heavy atom. The van der Waals surface area contributed by atoms with E-state index >= 15 is 0 Å². The van der Waals surface area contributed by atoms with E-state index in [-0.39, 0.29) is 12.0 Å². The van der Waals surface area contributed by atoms with Crippen molar-refractivity contribution < 1.29 is 9.53 Å². The summed E-state index contributed by atoms with van der Waals surface area (Å²) in [6, 6.07) is 7.76. The largest absolute Gasteiger partial charge is 0.379 e. The smallest absolute Gasteiger partial charge is 0.280 e. The Kier molecular flexibility index (Phi) is 4.87. The highest BCUT2D eigenvalue weighted by Crippen LogP contribution is 2.21. The van der Waals surface area contributed by atoms with E-state index < -0.39 is 0 Å². The van der Waals surface area contributed by atoms with E-state index in [4.69, 9.17) is 4.74 Å². The first kappa shape index (κ1) is 14.0. The number of ether oxygens (including phenoxy) is 1. The molecule has 1 aromatic heterocycles. The van der Waals surface area contributed by atoms with Crippen LogP contribution in [0, 0.1) is 0 Å². The van der Waals surface area contributed by atoms with Crippen molar-refractivity contribution in [3.05, 3.63) is 29.3 Å². The zero-order chi connectivity index (χ0) is 13.7. The van der Waals surface area contributed by atoms with Gasteiger partial charge in [-0.3, -0.25) is 4.79 Å². The van der Waals surface area contributed by atoms with E-state index in [2.05, 4.69) is 10.3 Å². The highest BCUT2D eigenvalue weighted by molar-refractivity contribution is 7.20. The van der Waals surface area contributed by atoms with Gasteiger partial charge in [-0.2, -0.15) is 0 Å². The van der Waals surface area contributed by atoms with E-state index in [0.717, 1.165) is 16.6 Å². The first-order valence-electron chi connectivity index (χ1n) is 6.42. The summed E-state index contributed by atoms with van der Waals surface area (Å²) in [6.45, 7) is 5.28. The van der Waals surface area contributed by atoms with Crippen LogP contribution < -0.4 is 5.32 Å². The maximum atomic E-state index is 11.9. The lowest BCUT2D eigenvalue weighted by Crippen LogP contribution is -2.25. The lowest BCUT2D eigenvalue weighted by Gasteiger charge is -2.07. The summed E-state index contributed by atoms with van der Waals surface area (Å²) in [5.74, 6) is -0.106. The second kappa shape index (κ2) is 6.63. The van der Waals surface area contributed by atoms with Gasteiger partial charge in [-0.1, -0.05) is 12.1 Å². The first-order chi connectivity index (χ1) is 9.16. The number of rotatable bonds is 6. The minimum Gasteiger partial charge on any atom is -0.379 e. The van der Waals surface area contributed by atoms with Crippen molar-refractivity contribution in [2.75, 3.05) is 13.2 Å². The van der Waals surface area contributed by atoms with Crippen molar-refractivity contribution in [2.24, 2.45) is 0 Å². The Morgan fingerprint density at radius 1 is 1.42 bits per heavy atom. The molecule has 0 atom stereocenters. The van der Waals surface area contributed by atoms with Crippen LogP contribution in [0.2, 0.25) is 0 Å². The number of hydrogen-bond acceptors (Lipinski definition) is 4. The van der Waals surface area contributed by atoms with Gasteiger partial charge in [0.15, 0.2) is 5.01 Å². The number of carbonyl (C=O) groups is 1. The minimum absolute atomic E-state index is 0.106. The van der Waals surface area contributed by atoms with Gasteiger partial charge in [0, 0.05) is 13.2 Å². The third kappa shape index (κ3) is 4.01. The molecule has 0 aliphatic carbocycles. The third-order valence-corrected chi connectivity index (χ3v) is 3.58. The normalized spacial score (nSPS) is 11.1. The molecule has 1 heterocycles. The average molecular weight is 278 g/mol. The fraction of sp³-hybridized carbons (Fsp3) is 0.429. The van der Waals surface area contributed by atoms with Gasteiger partial charge in [-0.05, 0) is 32.4 Å². The Balaban J connectivity index is 1.83. The highest BCUT2D eigenvalue weighted by atomic mass is 32.1. The standard InChI is InChI=1S/C14H18N2O2S/c1-10(2)18-9-5-8-15-13(17)14-16-11-6-3-4-7-12(11)19-14/h3-4,6-7,10H,5,8-9H2,1-2H3,(H,15,17). The van der Waals surface area contributed by atoms with E-state index in [1.54, 1.807) is 0 Å². The molecule has 1 amide bonds. The van der Waals surface area contributed by atoms with Gasteiger partial charge in [0.2, 0.25) is 0 Å². The van der Waals surface area contributed by atoms with Crippen molar-refractivity contribution in [1.82, 2.24) is 10.3 Å². The van der Waals surface area contributed by atoms with Crippen molar-refractivity contribution in [3.63, 3.8) is 0 Å². The Bertz CT molecular complexity index is 518. The van der Waals surface area contributed by atoms with Gasteiger partial charge in [0.25, 0.3) is 5.91 Å². The number of nitrogens with one attached hydrogen (secondary N) is 1. The topological polar surface area (TPSA) is 51.2 Å². The molecule has 0 fully saturated rings. The van der Waals surface area contributed by atoms with Crippen molar-refractivity contribution in [2.45, 2.75) is 26.4 Å². The molecule has 0 spiro atoms. The molecule has 0 aliphatic heterocycles. The summed E-state index contributed by atoms with van der Waals surface area (Å²) in [7, 11) is 0. The number of benzene rings is 1. The van der Waals surface area contributed by atoms with Crippen LogP contribution in [-0.4, -0.2) is 30.1 Å². The molecule has 5 heteroatoms. The Hall–Kier alpha value is -1.46. The third-order valence-electron chi connectivity index (χ3n) is 2.55. The molecular formula is C14H18N2O2S. The lowest BCUT2D eigenvalue weighted by molar-refractivity contribution is 0.0757. The molecule has 0 saturated heterocycles. The Labute approximate surface area is 116 Å². The van der Waals surface area contributed by atoms with Crippen molar-refractivity contribution in [1.29, 1.82) is 0 Å². The molecule has 102 valence electrons. The number of aromatic nitrogens is 1. The molecular weight excluding hydrogens is 260 g/mol. The molecule has 0 saturated carbocycles. The van der Waals surface area contributed by atoms with E-state index in [0.29, 0.717) is 18.2 Å². The molecule has 1 N–H and O–H groups in total. The summed E-state index contributed by atoms with van der Waals surface area (Å²) in [5, 5.41) is 3.38. The van der Waals surface area contributed by atoms with E-state index in [1.807, 2.05) is 38.1 Å². The highest BCUT2D eigenvalue weighted by Gasteiger charge is 2.10. The quantitative estimate of drug-likeness (QED) is 0.827. The molecule has 2 aromatic rings. The molecule has 19 heavy (non-hydrogen) atoms. The monoisotopic (exact) mass is 278 g/mol. The van der Waals surface area contributed by atoms with Crippen LogP contribution in [0.15, 0.2) is 24.3 Å². The summed E-state index contributed by atoms with van der Waals surface area (Å²) in [4.78, 5) is 16.2. The predicted octanol–water partition coefficient (Wildman–Crippen LogP) is 2.84. The molecule has 0 unspecified atom stereocenters. The zero-order valence-electron chi connectivity index (χ0n) is 11.2. The number of para-hydroxylation sites is 1. The molecule has 2 rings (SSSR count). The van der Waals surface area contributed by atoms with Crippen LogP contribution in [0.4, 0.5) is 0 Å². The summed E-state index contributed by atoms with van der Waals surface area (Å²) in [6.07, 6.45) is 1.05. The number of thiazole rings is 1. The van der Waals surface area contributed by atoms with Crippen LogP contribution in [0.3, 0.4) is 0 Å². The lowest BCUT2D eigenvalue weighted by atomic mass is 10.3. The minimum atomic E-state index is -0.106. The van der Waals surface area contributed by atoms with Crippen molar-refractivity contribution >= 4 is 27.5 Å². The Morgan fingerprint density at radius 3 is 2.95 bits per heavy atom. The predicted molar refractivity (Wildman–Crippen MR) is 77.7 cm³/mol. The van der Waals surface area contributed by atoms with E-state index in [9.17, 15) is 4.79 Å². The van der Waals surface area contributed by atoms with E-state index in [1.165, 1.54) is 11.3 Å². The first-order valence-corrected chi connectivity index (χ1v) is 7.24. The SMILES string of the molecule is CC(C)OCCCNC(=O)c1nc2ccccc2s1.